The number of amides is 3. The molecule has 0 saturated heterocycles. The van der Waals surface area contributed by atoms with Gasteiger partial charge in [-0.05, 0) is 42.7 Å². The summed E-state index contributed by atoms with van der Waals surface area (Å²) in [7, 11) is 0. The van der Waals surface area contributed by atoms with Crippen LogP contribution in [0.15, 0.2) is 48.5 Å². The first kappa shape index (κ1) is 21.5. The molecule has 8 nitrogen and oxygen atoms in total. The average molecular weight is 435 g/mol. The summed E-state index contributed by atoms with van der Waals surface area (Å²) in [6, 6.07) is 13.8. The molecule has 2 aliphatic rings. The Kier molecular flexibility index (Phi) is 5.94. The van der Waals surface area contributed by atoms with Crippen LogP contribution < -0.4 is 15.5 Å². The molecule has 1 aliphatic carbocycles. The zero-order valence-electron chi connectivity index (χ0n) is 17.8. The molecule has 0 bridgehead atoms. The summed E-state index contributed by atoms with van der Waals surface area (Å²) in [6.07, 6.45) is 2.85. The van der Waals surface area contributed by atoms with Crippen molar-refractivity contribution in [2.75, 3.05) is 16.8 Å². The normalized spacial score (nSPS) is 16.3. The smallest absolute Gasteiger partial charge is 0.338 e. The van der Waals surface area contributed by atoms with Crippen LogP contribution in [-0.2, 0) is 25.7 Å². The van der Waals surface area contributed by atoms with Gasteiger partial charge in [-0.2, -0.15) is 0 Å². The van der Waals surface area contributed by atoms with Gasteiger partial charge in [0.1, 0.15) is 5.54 Å². The van der Waals surface area contributed by atoms with E-state index in [0.717, 1.165) is 18.4 Å². The number of rotatable bonds is 5. The Balaban J connectivity index is 1.47. The fourth-order valence-corrected chi connectivity index (χ4v) is 4.39. The van der Waals surface area contributed by atoms with Crippen molar-refractivity contribution in [2.45, 2.75) is 44.7 Å². The van der Waals surface area contributed by atoms with Crippen LogP contribution in [0.3, 0.4) is 0 Å². The minimum atomic E-state index is -0.941. The summed E-state index contributed by atoms with van der Waals surface area (Å²) >= 11 is 0. The largest absolute Gasteiger partial charge is 0.452 e. The van der Waals surface area contributed by atoms with Crippen molar-refractivity contribution in [2.24, 2.45) is 0 Å². The van der Waals surface area contributed by atoms with E-state index in [4.69, 9.17) is 4.74 Å². The number of nitrogens with one attached hydrogen (secondary N) is 2. The highest BCUT2D eigenvalue weighted by Gasteiger charge is 2.52. The van der Waals surface area contributed by atoms with Crippen LogP contribution in [0.2, 0.25) is 0 Å². The molecular formula is C24H25N3O5. The van der Waals surface area contributed by atoms with E-state index in [9.17, 15) is 19.2 Å². The van der Waals surface area contributed by atoms with E-state index in [1.807, 2.05) is 6.07 Å². The Labute approximate surface area is 185 Å². The Bertz CT molecular complexity index is 1060. The third-order valence-electron chi connectivity index (χ3n) is 5.98. The van der Waals surface area contributed by atoms with Crippen molar-refractivity contribution in [3.63, 3.8) is 0 Å². The maximum absolute atomic E-state index is 13.2. The van der Waals surface area contributed by atoms with Gasteiger partial charge in [-0.15, -0.1) is 0 Å². The van der Waals surface area contributed by atoms with Crippen LogP contribution in [0.1, 0.15) is 48.5 Å². The highest BCUT2D eigenvalue weighted by Crippen LogP contribution is 2.45. The number of benzene rings is 2. The molecule has 1 fully saturated rings. The number of carbonyl (C=O) groups excluding carboxylic acids is 4. The first-order valence-electron chi connectivity index (χ1n) is 10.6. The number of hydrogen-bond acceptors (Lipinski definition) is 5. The van der Waals surface area contributed by atoms with Crippen molar-refractivity contribution < 1.29 is 23.9 Å². The van der Waals surface area contributed by atoms with Crippen molar-refractivity contribution in [1.82, 2.24) is 5.32 Å². The minimum absolute atomic E-state index is 0.139. The third kappa shape index (κ3) is 4.08. The Morgan fingerprint density at radius 3 is 2.44 bits per heavy atom. The molecule has 0 atom stereocenters. The van der Waals surface area contributed by atoms with Crippen LogP contribution in [0.25, 0.3) is 0 Å². The summed E-state index contributed by atoms with van der Waals surface area (Å²) in [5.41, 5.74) is 1.40. The Hall–Kier alpha value is -3.68. The number of carbonyl (C=O) groups is 4. The van der Waals surface area contributed by atoms with Crippen LogP contribution in [0.5, 0.6) is 0 Å². The lowest BCUT2D eigenvalue weighted by Gasteiger charge is -2.44. The van der Waals surface area contributed by atoms with Crippen molar-refractivity contribution in [1.29, 1.82) is 0 Å². The van der Waals surface area contributed by atoms with Gasteiger partial charge in [0.15, 0.2) is 6.61 Å². The van der Waals surface area contributed by atoms with Gasteiger partial charge in [-0.25, -0.2) is 4.79 Å². The van der Waals surface area contributed by atoms with E-state index in [0.29, 0.717) is 36.3 Å². The van der Waals surface area contributed by atoms with Gasteiger partial charge < -0.3 is 15.4 Å². The summed E-state index contributed by atoms with van der Waals surface area (Å²) in [5.74, 6) is -1.38. The van der Waals surface area contributed by atoms with E-state index in [1.165, 1.54) is 11.8 Å². The molecule has 0 unspecified atom stereocenters. The fraction of sp³-hybridized carbons (Fsp3) is 0.333. The SMILES string of the molecule is CC(=O)NCc1ccc(C(=O)OCC(=O)N2c3ccccc3NC(=O)C23CCCC3)cc1. The Morgan fingerprint density at radius 1 is 1.06 bits per heavy atom. The van der Waals surface area contributed by atoms with Crippen molar-refractivity contribution in [3.05, 3.63) is 59.7 Å². The second-order valence-electron chi connectivity index (χ2n) is 8.12. The number of fused-ring (bicyclic) bond motifs is 1. The molecule has 8 heteroatoms. The second-order valence-corrected chi connectivity index (χ2v) is 8.12. The molecule has 2 aromatic rings. The molecule has 1 aliphatic heterocycles. The molecule has 1 saturated carbocycles. The van der Waals surface area contributed by atoms with Gasteiger partial charge in [0.25, 0.3) is 11.8 Å². The second kappa shape index (κ2) is 8.82. The van der Waals surface area contributed by atoms with E-state index in [1.54, 1.807) is 42.5 Å². The molecule has 4 rings (SSSR count). The van der Waals surface area contributed by atoms with Crippen molar-refractivity contribution in [3.8, 4) is 0 Å². The zero-order valence-corrected chi connectivity index (χ0v) is 17.8. The van der Waals surface area contributed by atoms with Gasteiger partial charge >= 0.3 is 5.97 Å². The summed E-state index contributed by atoms with van der Waals surface area (Å²) in [5, 5.41) is 5.61. The highest BCUT2D eigenvalue weighted by atomic mass is 16.5. The summed E-state index contributed by atoms with van der Waals surface area (Å²) in [6.45, 7) is 1.33. The molecule has 1 spiro atoms. The van der Waals surface area contributed by atoms with Gasteiger partial charge in [-0.3, -0.25) is 19.3 Å². The lowest BCUT2D eigenvalue weighted by molar-refractivity contribution is -0.129. The molecule has 2 aromatic carbocycles. The lowest BCUT2D eigenvalue weighted by Crippen LogP contribution is -2.61. The molecule has 0 radical (unpaired) electrons. The summed E-state index contributed by atoms with van der Waals surface area (Å²) in [4.78, 5) is 51.2. The summed E-state index contributed by atoms with van der Waals surface area (Å²) < 4.78 is 5.30. The van der Waals surface area contributed by atoms with Crippen molar-refractivity contribution >= 4 is 35.1 Å². The quantitative estimate of drug-likeness (QED) is 0.703. The maximum atomic E-state index is 13.2. The number of ether oxygens (including phenoxy) is 1. The lowest BCUT2D eigenvalue weighted by atomic mass is 9.90. The maximum Gasteiger partial charge on any atom is 0.338 e. The van der Waals surface area contributed by atoms with Gasteiger partial charge in [-0.1, -0.05) is 37.1 Å². The van der Waals surface area contributed by atoms with Gasteiger partial charge in [0, 0.05) is 13.5 Å². The van der Waals surface area contributed by atoms with Crippen LogP contribution >= 0.6 is 0 Å². The first-order valence-corrected chi connectivity index (χ1v) is 10.6. The van der Waals surface area contributed by atoms with Crippen LogP contribution in [0, 0.1) is 0 Å². The minimum Gasteiger partial charge on any atom is -0.452 e. The third-order valence-corrected chi connectivity index (χ3v) is 5.98. The van der Waals surface area contributed by atoms with Crippen LogP contribution in [0.4, 0.5) is 11.4 Å². The van der Waals surface area contributed by atoms with E-state index in [-0.39, 0.29) is 11.8 Å². The molecular weight excluding hydrogens is 410 g/mol. The van der Waals surface area contributed by atoms with E-state index in [2.05, 4.69) is 10.6 Å². The molecule has 0 aromatic heterocycles. The van der Waals surface area contributed by atoms with E-state index >= 15 is 0 Å². The Morgan fingerprint density at radius 2 is 1.75 bits per heavy atom. The predicted molar refractivity (Wildman–Crippen MR) is 118 cm³/mol. The number of anilines is 2. The number of hydrogen-bond donors (Lipinski definition) is 2. The number of nitrogens with zero attached hydrogens (tertiary/aromatic N) is 1. The van der Waals surface area contributed by atoms with Crippen LogP contribution in [-0.4, -0.2) is 35.8 Å². The fourth-order valence-electron chi connectivity index (χ4n) is 4.39. The van der Waals surface area contributed by atoms with E-state index < -0.39 is 24.0 Å². The zero-order chi connectivity index (χ0) is 22.7. The molecule has 3 amide bonds. The topological polar surface area (TPSA) is 105 Å². The molecule has 166 valence electrons. The van der Waals surface area contributed by atoms with Gasteiger partial charge in [0.05, 0.1) is 16.9 Å². The van der Waals surface area contributed by atoms with Gasteiger partial charge in [0.2, 0.25) is 5.91 Å². The first-order chi connectivity index (χ1) is 15.4. The number of esters is 1. The molecule has 2 N–H and O–H groups in total. The average Bonchev–Trinajstić information content (AvgIpc) is 3.27. The highest BCUT2D eigenvalue weighted by molar-refractivity contribution is 6.15. The monoisotopic (exact) mass is 435 g/mol. The number of para-hydroxylation sites is 2. The molecule has 1 heterocycles. The predicted octanol–water partition coefficient (Wildman–Crippen LogP) is 2.78. The molecule has 32 heavy (non-hydrogen) atoms. The standard InChI is InChI=1S/C24H25N3O5/c1-16(28)25-14-17-8-10-18(11-9-17)22(30)32-15-21(29)27-20-7-3-2-6-19(20)26-23(31)24(27)12-4-5-13-24/h2-3,6-11H,4-5,12-15H2,1H3,(H,25,28)(H,26,31).